The van der Waals surface area contributed by atoms with Crippen molar-refractivity contribution in [2.45, 2.75) is 6.04 Å². The summed E-state index contributed by atoms with van der Waals surface area (Å²) in [4.78, 5) is 9.81. The van der Waals surface area contributed by atoms with Crippen LogP contribution in [0.4, 0.5) is 16.6 Å². The number of nitrogen functional groups attached to an aromatic ring is 1. The Bertz CT molecular complexity index is 1090. The van der Waals surface area contributed by atoms with Crippen molar-refractivity contribution in [1.29, 1.82) is 0 Å². The van der Waals surface area contributed by atoms with Gasteiger partial charge in [0.2, 0.25) is 11.6 Å². The minimum Gasteiger partial charge on any atom is -0.493 e. The van der Waals surface area contributed by atoms with Crippen LogP contribution in [0.25, 0.3) is 0 Å². The maximum Gasteiger partial charge on any atom is 0.231 e. The average Bonchev–Trinajstić information content (AvgIpc) is 3.40. The Labute approximate surface area is 192 Å². The summed E-state index contributed by atoms with van der Waals surface area (Å²) >= 11 is 4.81. The van der Waals surface area contributed by atoms with Gasteiger partial charge in [-0.1, -0.05) is 39.4 Å². The number of methoxy groups -OCH3 is 3. The van der Waals surface area contributed by atoms with Crippen molar-refractivity contribution in [2.24, 2.45) is 4.99 Å². The van der Waals surface area contributed by atoms with Gasteiger partial charge in [0.1, 0.15) is 23.3 Å². The predicted molar refractivity (Wildman–Crippen MR) is 125 cm³/mol. The topological polar surface area (TPSA) is 100 Å². The summed E-state index contributed by atoms with van der Waals surface area (Å²) in [5, 5.41) is 3.83. The summed E-state index contributed by atoms with van der Waals surface area (Å²) in [7, 11) is 4.70. The van der Waals surface area contributed by atoms with Gasteiger partial charge < -0.3 is 30.0 Å². The van der Waals surface area contributed by atoms with E-state index in [4.69, 9.17) is 29.7 Å². The Kier molecular flexibility index (Phi) is 6.19. The number of benzene rings is 2. The molecule has 31 heavy (non-hydrogen) atoms. The fraction of sp³-hybridized carbons (Fsp3) is 0.238. The van der Waals surface area contributed by atoms with Gasteiger partial charge in [-0.05, 0) is 17.7 Å². The van der Waals surface area contributed by atoms with Gasteiger partial charge in [-0.25, -0.2) is 9.98 Å². The Morgan fingerprint density at radius 3 is 2.39 bits per heavy atom. The van der Waals surface area contributed by atoms with Crippen LogP contribution in [0, 0.1) is 0 Å². The van der Waals surface area contributed by atoms with E-state index in [1.165, 1.54) is 11.3 Å². The second-order valence-corrected chi connectivity index (χ2v) is 8.50. The van der Waals surface area contributed by atoms with Crippen LogP contribution < -0.4 is 25.3 Å². The number of anilines is 3. The molecule has 0 saturated heterocycles. The molecule has 0 amide bonds. The molecule has 1 atom stereocenters. The molecular formula is C21H21BrN4O4S. The van der Waals surface area contributed by atoms with Crippen molar-refractivity contribution in [1.82, 2.24) is 4.98 Å². The molecule has 0 bridgehead atoms. The summed E-state index contributed by atoms with van der Waals surface area (Å²) in [6.45, 7) is 0.462. The fourth-order valence-corrected chi connectivity index (χ4v) is 4.29. The van der Waals surface area contributed by atoms with E-state index in [-0.39, 0.29) is 6.04 Å². The summed E-state index contributed by atoms with van der Waals surface area (Å²) in [5.74, 6) is 2.45. The average molecular weight is 505 g/mol. The molecule has 0 fully saturated rings. The lowest BCUT2D eigenvalue weighted by Gasteiger charge is -2.14. The lowest BCUT2D eigenvalue weighted by atomic mass is 10.1. The zero-order chi connectivity index (χ0) is 22.0. The fourth-order valence-electron chi connectivity index (χ4n) is 3.17. The van der Waals surface area contributed by atoms with Crippen molar-refractivity contribution >= 4 is 49.8 Å². The molecule has 3 N–H and O–H groups in total. The zero-order valence-corrected chi connectivity index (χ0v) is 19.5. The zero-order valence-electron chi connectivity index (χ0n) is 17.1. The molecule has 0 unspecified atom stereocenters. The van der Waals surface area contributed by atoms with E-state index in [1.807, 2.05) is 24.3 Å². The minimum atomic E-state index is -0.0730. The van der Waals surface area contributed by atoms with Crippen LogP contribution in [-0.2, 0) is 4.74 Å². The third kappa shape index (κ3) is 4.40. The van der Waals surface area contributed by atoms with Gasteiger partial charge in [0.15, 0.2) is 16.6 Å². The lowest BCUT2D eigenvalue weighted by molar-refractivity contribution is 0.320. The number of ether oxygens (including phenoxy) is 4. The third-order valence-corrected chi connectivity index (χ3v) is 6.17. The minimum absolute atomic E-state index is 0.0730. The van der Waals surface area contributed by atoms with Crippen LogP contribution in [0.1, 0.15) is 16.5 Å². The number of aliphatic imine (C=N–C) groups is 1. The van der Waals surface area contributed by atoms with Crippen molar-refractivity contribution < 1.29 is 18.9 Å². The standard InChI is InChI=1S/C21H21BrN4O4S/c1-27-15-8-13(9-16(28-2)17(15)29-3)24-21-26-19(23)18(31-21)20-25-14(10-30-20)11-4-6-12(22)7-5-11/h4-9,14H,10,23H2,1-3H3,(H,24,26)/t14-/m0/s1. The van der Waals surface area contributed by atoms with Gasteiger partial charge in [0.05, 0.1) is 21.3 Å². The normalized spacial score (nSPS) is 15.2. The third-order valence-electron chi connectivity index (χ3n) is 4.67. The second-order valence-electron chi connectivity index (χ2n) is 6.59. The smallest absolute Gasteiger partial charge is 0.231 e. The molecule has 1 aliphatic heterocycles. The van der Waals surface area contributed by atoms with Crippen LogP contribution >= 0.6 is 27.3 Å². The van der Waals surface area contributed by atoms with Gasteiger partial charge in [-0.15, -0.1) is 0 Å². The van der Waals surface area contributed by atoms with E-state index in [0.29, 0.717) is 45.6 Å². The predicted octanol–water partition coefficient (Wildman–Crippen LogP) is 4.78. The number of halogens is 1. The number of hydrogen-bond donors (Lipinski definition) is 2. The molecule has 2 aromatic carbocycles. The molecule has 0 spiro atoms. The highest BCUT2D eigenvalue weighted by Gasteiger charge is 2.26. The number of thiazole rings is 1. The van der Waals surface area contributed by atoms with Crippen LogP contribution in [0.15, 0.2) is 45.9 Å². The first-order chi connectivity index (χ1) is 15.0. The van der Waals surface area contributed by atoms with Gasteiger partial charge in [0, 0.05) is 22.3 Å². The summed E-state index contributed by atoms with van der Waals surface area (Å²) in [5.41, 5.74) is 7.96. The molecule has 8 nitrogen and oxygen atoms in total. The summed E-state index contributed by atoms with van der Waals surface area (Å²) in [6, 6.07) is 11.6. The number of aromatic nitrogens is 1. The summed E-state index contributed by atoms with van der Waals surface area (Å²) < 4.78 is 23.0. The monoisotopic (exact) mass is 504 g/mol. The first-order valence-electron chi connectivity index (χ1n) is 9.32. The molecular weight excluding hydrogens is 484 g/mol. The van der Waals surface area contributed by atoms with Gasteiger partial charge >= 0.3 is 0 Å². The number of hydrogen-bond acceptors (Lipinski definition) is 9. The molecule has 10 heteroatoms. The van der Waals surface area contributed by atoms with Crippen molar-refractivity contribution in [2.75, 3.05) is 39.0 Å². The van der Waals surface area contributed by atoms with Crippen LogP contribution in [-0.4, -0.2) is 38.8 Å². The van der Waals surface area contributed by atoms with Crippen LogP contribution in [0.2, 0.25) is 0 Å². The highest BCUT2D eigenvalue weighted by Crippen LogP contribution is 2.41. The first-order valence-corrected chi connectivity index (χ1v) is 10.9. The lowest BCUT2D eigenvalue weighted by Crippen LogP contribution is -2.02. The maximum atomic E-state index is 6.16. The van der Waals surface area contributed by atoms with Gasteiger partial charge in [0.25, 0.3) is 0 Å². The molecule has 0 radical (unpaired) electrons. The molecule has 2 heterocycles. The Balaban J connectivity index is 1.57. The van der Waals surface area contributed by atoms with E-state index in [9.17, 15) is 0 Å². The van der Waals surface area contributed by atoms with Crippen molar-refractivity contribution in [3.63, 3.8) is 0 Å². The van der Waals surface area contributed by atoms with Crippen molar-refractivity contribution in [3.8, 4) is 17.2 Å². The molecule has 0 saturated carbocycles. The van der Waals surface area contributed by atoms with Crippen LogP contribution in [0.5, 0.6) is 17.2 Å². The Hall–Kier alpha value is -2.98. The van der Waals surface area contributed by atoms with E-state index < -0.39 is 0 Å². The first kappa shape index (κ1) is 21.3. The van der Waals surface area contributed by atoms with Gasteiger partial charge in [-0.3, -0.25) is 0 Å². The van der Waals surface area contributed by atoms with E-state index in [1.54, 1.807) is 33.5 Å². The number of nitrogens with zero attached hydrogens (tertiary/aromatic N) is 2. The highest BCUT2D eigenvalue weighted by atomic mass is 79.9. The SMILES string of the molecule is COc1cc(Nc2nc(N)c(C3=N[C@H](c4ccc(Br)cc4)CO3)s2)cc(OC)c1OC. The largest absolute Gasteiger partial charge is 0.493 e. The quantitative estimate of drug-likeness (QED) is 0.477. The Morgan fingerprint density at radius 1 is 1.10 bits per heavy atom. The van der Waals surface area contributed by atoms with Crippen LogP contribution in [0.3, 0.4) is 0 Å². The molecule has 162 valence electrons. The molecule has 4 rings (SSSR count). The Morgan fingerprint density at radius 2 is 1.77 bits per heavy atom. The van der Waals surface area contributed by atoms with E-state index in [2.05, 4.69) is 26.2 Å². The number of rotatable bonds is 7. The summed E-state index contributed by atoms with van der Waals surface area (Å²) in [6.07, 6.45) is 0. The van der Waals surface area contributed by atoms with Crippen molar-refractivity contribution in [3.05, 3.63) is 51.3 Å². The van der Waals surface area contributed by atoms with Gasteiger partial charge in [-0.2, -0.15) is 0 Å². The maximum absolute atomic E-state index is 6.16. The molecule has 1 aliphatic rings. The van der Waals surface area contributed by atoms with E-state index >= 15 is 0 Å². The number of nitrogens with two attached hydrogens (primary N) is 1. The highest BCUT2D eigenvalue weighted by molar-refractivity contribution is 9.10. The molecule has 3 aromatic rings. The molecule has 0 aliphatic carbocycles. The molecule has 1 aromatic heterocycles. The van der Waals surface area contributed by atoms with E-state index in [0.717, 1.165) is 15.7 Å². The number of nitrogens with one attached hydrogen (secondary N) is 1. The second kappa shape index (κ2) is 9.03.